The predicted molar refractivity (Wildman–Crippen MR) is 77.2 cm³/mol. The van der Waals surface area contributed by atoms with E-state index in [0.29, 0.717) is 25.4 Å². The third-order valence-electron chi connectivity index (χ3n) is 3.60. The average molecular weight is 293 g/mol. The van der Waals surface area contributed by atoms with Crippen molar-refractivity contribution in [2.75, 3.05) is 20.1 Å². The van der Waals surface area contributed by atoms with Crippen LogP contribution in [0.2, 0.25) is 0 Å². The second-order valence-corrected chi connectivity index (χ2v) is 6.22. The summed E-state index contributed by atoms with van der Waals surface area (Å²) in [5, 5.41) is 3.89. The van der Waals surface area contributed by atoms with Crippen LogP contribution < -0.4 is 0 Å². The number of nitrogens with zero attached hydrogens (tertiary/aromatic N) is 3. The average Bonchev–Trinajstić information content (AvgIpc) is 2.95. The van der Waals surface area contributed by atoms with Crippen molar-refractivity contribution >= 4 is 11.8 Å². The molecule has 1 fully saturated rings. The summed E-state index contributed by atoms with van der Waals surface area (Å²) in [5.41, 5.74) is 0.728. The van der Waals surface area contributed by atoms with Crippen LogP contribution in [0.25, 0.3) is 0 Å². The summed E-state index contributed by atoms with van der Waals surface area (Å²) in [6.07, 6.45) is 0.313. The summed E-state index contributed by atoms with van der Waals surface area (Å²) >= 11 is 0. The Morgan fingerprint density at radius 3 is 2.86 bits per heavy atom. The van der Waals surface area contributed by atoms with Gasteiger partial charge in [0.25, 0.3) is 0 Å². The van der Waals surface area contributed by atoms with E-state index in [2.05, 4.69) is 19.0 Å². The Labute approximate surface area is 125 Å². The van der Waals surface area contributed by atoms with Crippen LogP contribution in [0.1, 0.15) is 31.7 Å². The third kappa shape index (κ3) is 3.83. The lowest BCUT2D eigenvalue weighted by molar-refractivity contribution is -0.135. The Balaban J connectivity index is 1.92. The summed E-state index contributed by atoms with van der Waals surface area (Å²) in [5.74, 6) is 0.973. The first-order chi connectivity index (χ1) is 9.86. The number of amides is 2. The van der Waals surface area contributed by atoms with Crippen LogP contribution in [0.4, 0.5) is 0 Å². The smallest absolute Gasteiger partial charge is 0.228 e. The topological polar surface area (TPSA) is 66.7 Å². The number of hydrogen-bond acceptors (Lipinski definition) is 4. The van der Waals surface area contributed by atoms with E-state index >= 15 is 0 Å². The molecule has 0 bridgehead atoms. The molecule has 2 amide bonds. The van der Waals surface area contributed by atoms with E-state index in [1.165, 1.54) is 0 Å². The summed E-state index contributed by atoms with van der Waals surface area (Å²) < 4.78 is 5.00. The summed E-state index contributed by atoms with van der Waals surface area (Å²) in [6, 6.07) is 1.81. The Hall–Kier alpha value is -1.85. The van der Waals surface area contributed by atoms with Crippen LogP contribution in [-0.2, 0) is 16.1 Å². The number of rotatable bonds is 5. The lowest BCUT2D eigenvalue weighted by Gasteiger charge is -2.21. The zero-order valence-electron chi connectivity index (χ0n) is 13.1. The maximum Gasteiger partial charge on any atom is 0.228 e. The van der Waals surface area contributed by atoms with E-state index in [4.69, 9.17) is 4.52 Å². The lowest BCUT2D eigenvalue weighted by Crippen LogP contribution is -2.35. The van der Waals surface area contributed by atoms with Crippen molar-refractivity contribution < 1.29 is 14.1 Å². The Bertz CT molecular complexity index is 524. The minimum absolute atomic E-state index is 0.00439. The molecule has 0 N–H and O–H groups in total. The SMILES string of the molecule is Cc1cc(CN(C)C(=O)[C@@H]2CC(=O)N(CC(C)C)C2)no1. The molecule has 2 heterocycles. The highest BCUT2D eigenvalue weighted by Crippen LogP contribution is 2.21. The highest BCUT2D eigenvalue weighted by Gasteiger charge is 2.35. The molecular formula is C15H23N3O3. The highest BCUT2D eigenvalue weighted by atomic mass is 16.5. The zero-order valence-corrected chi connectivity index (χ0v) is 13.1. The standard InChI is InChI=1S/C15H23N3O3/c1-10(2)7-18-8-12(6-14(18)19)15(20)17(4)9-13-5-11(3)21-16-13/h5,10,12H,6-9H2,1-4H3/t12-/m1/s1. The van der Waals surface area contributed by atoms with Gasteiger partial charge in [-0.1, -0.05) is 19.0 Å². The van der Waals surface area contributed by atoms with Crippen molar-refractivity contribution in [1.82, 2.24) is 15.0 Å². The Kier molecular flexibility index (Phi) is 4.65. The fourth-order valence-corrected chi connectivity index (χ4v) is 2.68. The number of carbonyl (C=O) groups is 2. The van der Waals surface area contributed by atoms with Gasteiger partial charge in [0.1, 0.15) is 11.5 Å². The minimum Gasteiger partial charge on any atom is -0.361 e. The first-order valence-electron chi connectivity index (χ1n) is 7.31. The maximum atomic E-state index is 12.4. The molecular weight excluding hydrogens is 270 g/mol. The predicted octanol–water partition coefficient (Wildman–Crippen LogP) is 1.45. The number of hydrogen-bond donors (Lipinski definition) is 0. The fourth-order valence-electron chi connectivity index (χ4n) is 2.68. The van der Waals surface area contributed by atoms with Gasteiger partial charge in [0.15, 0.2) is 0 Å². The van der Waals surface area contributed by atoms with Gasteiger partial charge in [-0.3, -0.25) is 9.59 Å². The van der Waals surface area contributed by atoms with Crippen molar-refractivity contribution in [3.8, 4) is 0 Å². The van der Waals surface area contributed by atoms with Crippen LogP contribution in [-0.4, -0.2) is 46.9 Å². The molecule has 0 radical (unpaired) electrons. The molecule has 0 aromatic carbocycles. The molecule has 0 saturated carbocycles. The van der Waals surface area contributed by atoms with Crippen molar-refractivity contribution in [3.63, 3.8) is 0 Å². The molecule has 0 unspecified atom stereocenters. The fraction of sp³-hybridized carbons (Fsp3) is 0.667. The zero-order chi connectivity index (χ0) is 15.6. The van der Waals surface area contributed by atoms with Gasteiger partial charge >= 0.3 is 0 Å². The third-order valence-corrected chi connectivity index (χ3v) is 3.60. The van der Waals surface area contributed by atoms with Gasteiger partial charge in [0.2, 0.25) is 11.8 Å². The van der Waals surface area contributed by atoms with Crippen LogP contribution in [0.15, 0.2) is 10.6 Å². The summed E-state index contributed by atoms with van der Waals surface area (Å²) in [4.78, 5) is 27.8. The largest absolute Gasteiger partial charge is 0.361 e. The monoisotopic (exact) mass is 293 g/mol. The quantitative estimate of drug-likeness (QED) is 0.824. The van der Waals surface area contributed by atoms with Gasteiger partial charge < -0.3 is 14.3 Å². The van der Waals surface area contributed by atoms with Crippen LogP contribution >= 0.6 is 0 Å². The number of likely N-dealkylation sites (tertiary alicyclic amines) is 1. The van der Waals surface area contributed by atoms with Gasteiger partial charge in [0.05, 0.1) is 12.5 Å². The molecule has 6 nitrogen and oxygen atoms in total. The highest BCUT2D eigenvalue weighted by molar-refractivity contribution is 5.89. The molecule has 1 aliphatic rings. The maximum absolute atomic E-state index is 12.4. The minimum atomic E-state index is -0.241. The van der Waals surface area contributed by atoms with Crippen molar-refractivity contribution in [2.24, 2.45) is 11.8 Å². The second-order valence-electron chi connectivity index (χ2n) is 6.22. The van der Waals surface area contributed by atoms with Crippen molar-refractivity contribution in [2.45, 2.75) is 33.7 Å². The number of carbonyl (C=O) groups excluding carboxylic acids is 2. The Morgan fingerprint density at radius 2 is 2.29 bits per heavy atom. The first kappa shape index (κ1) is 15.5. The molecule has 0 spiro atoms. The molecule has 116 valence electrons. The van der Waals surface area contributed by atoms with Gasteiger partial charge in [0, 0.05) is 32.6 Å². The van der Waals surface area contributed by atoms with E-state index in [9.17, 15) is 9.59 Å². The van der Waals surface area contributed by atoms with Gasteiger partial charge in [-0.25, -0.2) is 0 Å². The van der Waals surface area contributed by atoms with E-state index < -0.39 is 0 Å². The number of aryl methyl sites for hydroxylation is 1. The normalized spacial score (nSPS) is 18.6. The molecule has 1 aliphatic heterocycles. The van der Waals surface area contributed by atoms with E-state index in [-0.39, 0.29) is 17.7 Å². The van der Waals surface area contributed by atoms with Crippen LogP contribution in [0.5, 0.6) is 0 Å². The number of aromatic nitrogens is 1. The lowest BCUT2D eigenvalue weighted by atomic mass is 10.1. The van der Waals surface area contributed by atoms with Gasteiger partial charge in [-0.15, -0.1) is 0 Å². The first-order valence-corrected chi connectivity index (χ1v) is 7.31. The molecule has 1 atom stereocenters. The van der Waals surface area contributed by atoms with Crippen molar-refractivity contribution in [3.05, 3.63) is 17.5 Å². The molecule has 2 rings (SSSR count). The molecule has 6 heteroatoms. The van der Waals surface area contributed by atoms with Gasteiger partial charge in [-0.05, 0) is 12.8 Å². The van der Waals surface area contributed by atoms with Gasteiger partial charge in [-0.2, -0.15) is 0 Å². The summed E-state index contributed by atoms with van der Waals surface area (Å²) in [6.45, 7) is 7.61. The van der Waals surface area contributed by atoms with Crippen LogP contribution in [0.3, 0.4) is 0 Å². The van der Waals surface area contributed by atoms with E-state index in [0.717, 1.165) is 18.0 Å². The van der Waals surface area contributed by atoms with Crippen LogP contribution in [0, 0.1) is 18.8 Å². The van der Waals surface area contributed by atoms with E-state index in [1.54, 1.807) is 16.8 Å². The molecule has 1 saturated heterocycles. The molecule has 1 aromatic heterocycles. The molecule has 21 heavy (non-hydrogen) atoms. The summed E-state index contributed by atoms with van der Waals surface area (Å²) in [7, 11) is 1.74. The van der Waals surface area contributed by atoms with Crippen molar-refractivity contribution in [1.29, 1.82) is 0 Å². The molecule has 0 aliphatic carbocycles. The molecule has 1 aromatic rings. The second kappa shape index (κ2) is 6.28. The Morgan fingerprint density at radius 1 is 1.57 bits per heavy atom. The van der Waals surface area contributed by atoms with E-state index in [1.807, 2.05) is 13.0 Å².